The van der Waals surface area contributed by atoms with E-state index in [1.54, 1.807) is 12.1 Å². The van der Waals surface area contributed by atoms with Crippen molar-refractivity contribution in [3.05, 3.63) is 30.3 Å². The molecule has 1 heterocycles. The Morgan fingerprint density at radius 1 is 1.21 bits per heavy atom. The number of nitrogens with zero attached hydrogens (tertiary/aromatic N) is 2. The van der Waals surface area contributed by atoms with Gasteiger partial charge in [-0.3, -0.25) is 0 Å². The van der Waals surface area contributed by atoms with Crippen molar-refractivity contribution in [1.29, 1.82) is 0 Å². The van der Waals surface area contributed by atoms with E-state index in [1.807, 2.05) is 0 Å². The first kappa shape index (κ1) is 12.3. The predicted molar refractivity (Wildman–Crippen MR) is 71.4 cm³/mol. The quantitative estimate of drug-likeness (QED) is 0.872. The minimum absolute atomic E-state index is 0.0635. The molecule has 19 heavy (non-hydrogen) atoms. The van der Waals surface area contributed by atoms with Gasteiger partial charge in [0.1, 0.15) is 18.0 Å². The van der Waals surface area contributed by atoms with Gasteiger partial charge in [0.05, 0.1) is 23.0 Å². The summed E-state index contributed by atoms with van der Waals surface area (Å²) in [6, 6.07) is 4.71. The second kappa shape index (κ2) is 5.09. The zero-order valence-electron chi connectivity index (χ0n) is 10.5. The highest BCUT2D eigenvalue weighted by Gasteiger charge is 2.24. The minimum Gasteiger partial charge on any atom is -0.391 e. The fraction of sp³-hybridized carbons (Fsp3) is 0.429. The molecule has 4 nitrogen and oxygen atoms in total. The third-order valence-corrected chi connectivity index (χ3v) is 3.66. The molecule has 0 amide bonds. The maximum Gasteiger partial charge on any atom is 0.140 e. The molecule has 1 aromatic heterocycles. The van der Waals surface area contributed by atoms with Crippen molar-refractivity contribution in [1.82, 2.24) is 9.97 Å². The van der Waals surface area contributed by atoms with Crippen molar-refractivity contribution in [2.45, 2.75) is 37.8 Å². The van der Waals surface area contributed by atoms with Gasteiger partial charge in [-0.1, -0.05) is 18.9 Å². The molecule has 1 fully saturated rings. The number of aliphatic hydroxyl groups is 1. The second-order valence-electron chi connectivity index (χ2n) is 4.96. The lowest BCUT2D eigenvalue weighted by molar-refractivity contribution is 0.116. The van der Waals surface area contributed by atoms with Crippen LogP contribution in [0.4, 0.5) is 10.2 Å². The van der Waals surface area contributed by atoms with Gasteiger partial charge in [-0.25, -0.2) is 14.4 Å². The Kier molecular flexibility index (Phi) is 3.29. The summed E-state index contributed by atoms with van der Waals surface area (Å²) >= 11 is 0. The molecule has 0 unspecified atom stereocenters. The van der Waals surface area contributed by atoms with Gasteiger partial charge in [0.15, 0.2) is 0 Å². The summed E-state index contributed by atoms with van der Waals surface area (Å²) in [5, 5.41) is 13.5. The van der Waals surface area contributed by atoms with Crippen LogP contribution in [0.15, 0.2) is 24.5 Å². The Balaban J connectivity index is 1.96. The molecule has 5 heteroatoms. The Bertz CT molecular complexity index is 585. The Hall–Kier alpha value is -1.75. The number of fused-ring (bicyclic) bond motifs is 1. The van der Waals surface area contributed by atoms with Gasteiger partial charge in [-0.15, -0.1) is 0 Å². The largest absolute Gasteiger partial charge is 0.391 e. The lowest BCUT2D eigenvalue weighted by Gasteiger charge is -2.29. The summed E-state index contributed by atoms with van der Waals surface area (Å²) < 4.78 is 13.9. The smallest absolute Gasteiger partial charge is 0.140 e. The number of nitrogens with one attached hydrogen (secondary N) is 1. The third kappa shape index (κ3) is 2.38. The van der Waals surface area contributed by atoms with Crippen LogP contribution in [0.3, 0.4) is 0 Å². The van der Waals surface area contributed by atoms with Gasteiger partial charge in [0.25, 0.3) is 0 Å². The summed E-state index contributed by atoms with van der Waals surface area (Å²) in [5.41, 5.74) is 0.572. The summed E-state index contributed by atoms with van der Waals surface area (Å²) in [6.45, 7) is 0. The van der Waals surface area contributed by atoms with E-state index in [4.69, 9.17) is 0 Å². The number of hydrogen-bond donors (Lipinski definition) is 2. The summed E-state index contributed by atoms with van der Waals surface area (Å²) in [4.78, 5) is 8.18. The van der Waals surface area contributed by atoms with Crippen LogP contribution in [0.1, 0.15) is 25.7 Å². The fourth-order valence-electron chi connectivity index (χ4n) is 2.63. The number of aromatic nitrogens is 2. The summed E-state index contributed by atoms with van der Waals surface area (Å²) in [6.07, 6.45) is 4.78. The molecule has 0 radical (unpaired) electrons. The Labute approximate surface area is 110 Å². The topological polar surface area (TPSA) is 58.0 Å². The van der Waals surface area contributed by atoms with Crippen LogP contribution in [0.2, 0.25) is 0 Å². The van der Waals surface area contributed by atoms with Crippen molar-refractivity contribution in [2.24, 2.45) is 0 Å². The Morgan fingerprint density at radius 3 is 2.89 bits per heavy atom. The van der Waals surface area contributed by atoms with Gasteiger partial charge < -0.3 is 10.4 Å². The van der Waals surface area contributed by atoms with Crippen molar-refractivity contribution < 1.29 is 9.50 Å². The monoisotopic (exact) mass is 261 g/mol. The molecule has 0 spiro atoms. The van der Waals surface area contributed by atoms with Crippen LogP contribution in [0.25, 0.3) is 10.9 Å². The molecule has 0 aliphatic heterocycles. The molecule has 1 aromatic carbocycles. The number of hydrogen-bond acceptors (Lipinski definition) is 4. The van der Waals surface area contributed by atoms with Gasteiger partial charge in [0, 0.05) is 0 Å². The maximum atomic E-state index is 13.9. The highest BCUT2D eigenvalue weighted by atomic mass is 19.1. The first-order valence-corrected chi connectivity index (χ1v) is 6.59. The number of rotatable bonds is 2. The maximum absolute atomic E-state index is 13.9. The van der Waals surface area contributed by atoms with Crippen molar-refractivity contribution in [3.8, 4) is 0 Å². The van der Waals surface area contributed by atoms with E-state index in [-0.39, 0.29) is 11.9 Å². The molecule has 100 valence electrons. The van der Waals surface area contributed by atoms with E-state index >= 15 is 0 Å². The highest BCUT2D eigenvalue weighted by molar-refractivity contribution is 5.89. The average Bonchev–Trinajstić information content (AvgIpc) is 2.42. The summed E-state index contributed by atoms with van der Waals surface area (Å²) in [7, 11) is 0. The Morgan fingerprint density at radius 2 is 2.05 bits per heavy atom. The first-order chi connectivity index (χ1) is 9.25. The number of benzene rings is 1. The molecule has 2 atom stereocenters. The molecule has 1 saturated carbocycles. The zero-order chi connectivity index (χ0) is 13.2. The molecule has 1 aliphatic carbocycles. The SMILES string of the molecule is O[C@H]1CCCC[C@@H]1Nc1ncnc2cccc(F)c12. The molecule has 2 aromatic rings. The lowest BCUT2D eigenvalue weighted by Crippen LogP contribution is -2.36. The number of aliphatic hydroxyl groups excluding tert-OH is 1. The minimum atomic E-state index is -0.398. The number of anilines is 1. The molecule has 1 aliphatic rings. The molecular weight excluding hydrogens is 245 g/mol. The van der Waals surface area contributed by atoms with Crippen molar-refractivity contribution >= 4 is 16.7 Å². The predicted octanol–water partition coefficient (Wildman–Crippen LogP) is 2.48. The highest BCUT2D eigenvalue weighted by Crippen LogP contribution is 2.26. The van der Waals surface area contributed by atoms with E-state index in [0.29, 0.717) is 16.7 Å². The van der Waals surface area contributed by atoms with Gasteiger partial charge in [-0.05, 0) is 25.0 Å². The van der Waals surface area contributed by atoms with E-state index in [2.05, 4.69) is 15.3 Å². The van der Waals surface area contributed by atoms with E-state index in [0.717, 1.165) is 25.7 Å². The zero-order valence-corrected chi connectivity index (χ0v) is 10.5. The fourth-order valence-corrected chi connectivity index (χ4v) is 2.63. The molecule has 2 N–H and O–H groups in total. The molecule has 0 bridgehead atoms. The van der Waals surface area contributed by atoms with Crippen LogP contribution in [-0.2, 0) is 0 Å². The third-order valence-electron chi connectivity index (χ3n) is 3.66. The standard InChI is InChI=1S/C14H16FN3O/c15-9-4-3-6-11-13(9)14(17-8-16-11)18-10-5-1-2-7-12(10)19/h3-4,6,8,10,12,19H,1-2,5,7H2,(H,16,17,18)/t10-,12-/m0/s1. The van der Waals surface area contributed by atoms with Gasteiger partial charge in [0.2, 0.25) is 0 Å². The van der Waals surface area contributed by atoms with E-state index in [1.165, 1.54) is 12.4 Å². The van der Waals surface area contributed by atoms with Crippen LogP contribution >= 0.6 is 0 Å². The first-order valence-electron chi connectivity index (χ1n) is 6.59. The van der Waals surface area contributed by atoms with Crippen LogP contribution < -0.4 is 5.32 Å². The molecule has 0 saturated heterocycles. The van der Waals surface area contributed by atoms with Crippen molar-refractivity contribution in [3.63, 3.8) is 0 Å². The van der Waals surface area contributed by atoms with Gasteiger partial charge in [-0.2, -0.15) is 0 Å². The normalized spacial score (nSPS) is 23.5. The molecule has 3 rings (SSSR count). The second-order valence-corrected chi connectivity index (χ2v) is 4.96. The van der Waals surface area contributed by atoms with Gasteiger partial charge >= 0.3 is 0 Å². The van der Waals surface area contributed by atoms with Crippen LogP contribution in [-0.4, -0.2) is 27.2 Å². The van der Waals surface area contributed by atoms with Crippen LogP contribution in [0.5, 0.6) is 0 Å². The van der Waals surface area contributed by atoms with E-state index in [9.17, 15) is 9.50 Å². The van der Waals surface area contributed by atoms with Crippen LogP contribution in [0, 0.1) is 5.82 Å². The average molecular weight is 261 g/mol. The van der Waals surface area contributed by atoms with Crippen molar-refractivity contribution in [2.75, 3.05) is 5.32 Å². The number of halogens is 1. The molecular formula is C14H16FN3O. The van der Waals surface area contributed by atoms with E-state index < -0.39 is 6.10 Å². The summed E-state index contributed by atoms with van der Waals surface area (Å²) in [5.74, 6) is 0.125. The lowest BCUT2D eigenvalue weighted by atomic mass is 9.92.